The zero-order valence-electron chi connectivity index (χ0n) is 14.1. The van der Waals surface area contributed by atoms with Gasteiger partial charge in [-0.25, -0.2) is 4.79 Å². The SMILES string of the molecule is CCC1CCc2c(sc(NC(=O)c3ccc(C)o3)c2C(=O)OC)C1. The Morgan fingerprint density at radius 1 is 1.42 bits per heavy atom. The molecule has 0 fully saturated rings. The summed E-state index contributed by atoms with van der Waals surface area (Å²) < 4.78 is 10.3. The van der Waals surface area contributed by atoms with Crippen LogP contribution in [-0.4, -0.2) is 19.0 Å². The third-order valence-corrected chi connectivity index (χ3v) is 5.70. The van der Waals surface area contributed by atoms with Gasteiger partial charge in [0.1, 0.15) is 10.8 Å². The number of carbonyl (C=O) groups is 2. The molecular formula is C18H21NO4S. The average molecular weight is 347 g/mol. The number of thiophene rings is 1. The summed E-state index contributed by atoms with van der Waals surface area (Å²) in [6.45, 7) is 3.97. The number of amides is 1. The van der Waals surface area contributed by atoms with Gasteiger partial charge in [-0.05, 0) is 49.8 Å². The second-order valence-corrected chi connectivity index (χ2v) is 7.19. The molecule has 0 aliphatic heterocycles. The third-order valence-electron chi connectivity index (χ3n) is 4.53. The van der Waals surface area contributed by atoms with E-state index in [-0.39, 0.29) is 11.7 Å². The van der Waals surface area contributed by atoms with Gasteiger partial charge in [0, 0.05) is 4.88 Å². The van der Waals surface area contributed by atoms with Crippen molar-refractivity contribution < 1.29 is 18.7 Å². The van der Waals surface area contributed by atoms with Crippen molar-refractivity contribution in [3.05, 3.63) is 39.7 Å². The highest BCUT2D eigenvalue weighted by Gasteiger charge is 2.30. The van der Waals surface area contributed by atoms with Crippen molar-refractivity contribution in [2.24, 2.45) is 5.92 Å². The summed E-state index contributed by atoms with van der Waals surface area (Å²) in [5, 5.41) is 3.39. The van der Waals surface area contributed by atoms with Crippen LogP contribution < -0.4 is 5.32 Å². The highest BCUT2D eigenvalue weighted by atomic mass is 32.1. The summed E-state index contributed by atoms with van der Waals surface area (Å²) in [7, 11) is 1.37. The molecule has 1 amide bonds. The second-order valence-electron chi connectivity index (χ2n) is 6.08. The monoisotopic (exact) mass is 347 g/mol. The van der Waals surface area contributed by atoms with E-state index in [2.05, 4.69) is 12.2 Å². The number of methoxy groups -OCH3 is 1. The molecule has 1 N–H and O–H groups in total. The lowest BCUT2D eigenvalue weighted by Gasteiger charge is -2.20. The number of anilines is 1. The van der Waals surface area contributed by atoms with Crippen molar-refractivity contribution >= 4 is 28.2 Å². The van der Waals surface area contributed by atoms with Gasteiger partial charge in [0.25, 0.3) is 5.91 Å². The summed E-state index contributed by atoms with van der Waals surface area (Å²) in [5.41, 5.74) is 1.53. The van der Waals surface area contributed by atoms with Crippen molar-refractivity contribution in [2.75, 3.05) is 12.4 Å². The molecule has 3 rings (SSSR count). The van der Waals surface area contributed by atoms with Crippen molar-refractivity contribution in [3.8, 4) is 0 Å². The molecule has 0 radical (unpaired) electrons. The first-order valence-corrected chi connectivity index (χ1v) is 8.95. The summed E-state index contributed by atoms with van der Waals surface area (Å²) in [6, 6.07) is 3.37. The summed E-state index contributed by atoms with van der Waals surface area (Å²) in [6.07, 6.45) is 3.99. The topological polar surface area (TPSA) is 68.5 Å². The van der Waals surface area contributed by atoms with Gasteiger partial charge in [0.05, 0.1) is 12.7 Å². The molecule has 0 aromatic carbocycles. The number of furan rings is 1. The van der Waals surface area contributed by atoms with E-state index in [0.717, 1.165) is 31.2 Å². The number of hydrogen-bond donors (Lipinski definition) is 1. The second kappa shape index (κ2) is 6.81. The minimum atomic E-state index is -0.395. The molecule has 6 heteroatoms. The molecule has 1 aliphatic carbocycles. The lowest BCUT2D eigenvalue weighted by Crippen LogP contribution is -2.16. The number of nitrogens with one attached hydrogen (secondary N) is 1. The zero-order chi connectivity index (χ0) is 17.3. The van der Waals surface area contributed by atoms with Gasteiger partial charge in [-0.3, -0.25) is 4.79 Å². The Balaban J connectivity index is 1.93. The minimum Gasteiger partial charge on any atom is -0.465 e. The van der Waals surface area contributed by atoms with Crippen LogP contribution in [0.5, 0.6) is 0 Å². The third kappa shape index (κ3) is 3.11. The molecule has 2 aromatic rings. The molecule has 24 heavy (non-hydrogen) atoms. The quantitative estimate of drug-likeness (QED) is 0.842. The van der Waals surface area contributed by atoms with E-state index in [1.807, 2.05) is 0 Å². The Kier molecular flexibility index (Phi) is 4.76. The van der Waals surface area contributed by atoms with Crippen LogP contribution in [-0.2, 0) is 17.6 Å². The standard InChI is InChI=1S/C18H21NO4S/c1-4-11-6-7-12-14(9-11)24-17(15(12)18(21)22-3)19-16(20)13-8-5-10(2)23-13/h5,8,11H,4,6-7,9H2,1-3H3,(H,19,20). The molecule has 2 heterocycles. The van der Waals surface area contributed by atoms with Crippen molar-refractivity contribution in [1.82, 2.24) is 0 Å². The highest BCUT2D eigenvalue weighted by Crippen LogP contribution is 2.40. The lowest BCUT2D eigenvalue weighted by molar-refractivity contribution is 0.0601. The van der Waals surface area contributed by atoms with Gasteiger partial charge in [-0.15, -0.1) is 11.3 Å². The van der Waals surface area contributed by atoms with Crippen LogP contribution >= 0.6 is 11.3 Å². The first-order chi connectivity index (χ1) is 11.5. The molecular weight excluding hydrogens is 326 g/mol. The van der Waals surface area contributed by atoms with Crippen molar-refractivity contribution in [2.45, 2.75) is 39.5 Å². The van der Waals surface area contributed by atoms with Gasteiger partial charge in [0.15, 0.2) is 5.76 Å². The molecule has 1 aliphatic rings. The number of carbonyl (C=O) groups excluding carboxylic acids is 2. The number of esters is 1. The fourth-order valence-electron chi connectivity index (χ4n) is 3.13. The van der Waals surface area contributed by atoms with E-state index in [4.69, 9.17) is 9.15 Å². The van der Waals surface area contributed by atoms with Crippen LogP contribution in [0.25, 0.3) is 0 Å². The smallest absolute Gasteiger partial charge is 0.341 e. The molecule has 1 unspecified atom stereocenters. The number of hydrogen-bond acceptors (Lipinski definition) is 5. The maximum atomic E-state index is 12.4. The van der Waals surface area contributed by atoms with E-state index in [1.165, 1.54) is 23.3 Å². The normalized spacial score (nSPS) is 16.5. The van der Waals surface area contributed by atoms with Gasteiger partial charge in [-0.1, -0.05) is 13.3 Å². The first-order valence-electron chi connectivity index (χ1n) is 8.14. The van der Waals surface area contributed by atoms with Crippen LogP contribution in [0.3, 0.4) is 0 Å². The maximum Gasteiger partial charge on any atom is 0.341 e. The summed E-state index contributed by atoms with van der Waals surface area (Å²) >= 11 is 1.48. The Morgan fingerprint density at radius 3 is 2.83 bits per heavy atom. The van der Waals surface area contributed by atoms with Crippen LogP contribution in [0.2, 0.25) is 0 Å². The predicted molar refractivity (Wildman–Crippen MR) is 92.9 cm³/mol. The Bertz CT molecular complexity index is 774. The maximum absolute atomic E-state index is 12.4. The molecule has 2 aromatic heterocycles. The van der Waals surface area contributed by atoms with Gasteiger partial charge >= 0.3 is 5.97 Å². The van der Waals surface area contributed by atoms with E-state index in [1.54, 1.807) is 19.1 Å². The van der Waals surface area contributed by atoms with Gasteiger partial charge in [-0.2, -0.15) is 0 Å². The molecule has 0 spiro atoms. The number of aryl methyl sites for hydroxylation is 1. The van der Waals surface area contributed by atoms with E-state index >= 15 is 0 Å². The Morgan fingerprint density at radius 2 is 2.21 bits per heavy atom. The molecule has 0 saturated heterocycles. The lowest BCUT2D eigenvalue weighted by atomic mass is 9.86. The summed E-state index contributed by atoms with van der Waals surface area (Å²) in [5.74, 6) is 0.802. The van der Waals surface area contributed by atoms with Crippen molar-refractivity contribution in [1.29, 1.82) is 0 Å². The van der Waals surface area contributed by atoms with Crippen molar-refractivity contribution in [3.63, 3.8) is 0 Å². The zero-order valence-corrected chi connectivity index (χ0v) is 14.9. The van der Waals surface area contributed by atoms with Gasteiger partial charge in [0.2, 0.25) is 0 Å². The summed E-state index contributed by atoms with van der Waals surface area (Å²) in [4.78, 5) is 25.8. The molecule has 0 bridgehead atoms. The number of fused-ring (bicyclic) bond motifs is 1. The number of ether oxygens (including phenoxy) is 1. The molecule has 128 valence electrons. The fraction of sp³-hybridized carbons (Fsp3) is 0.444. The average Bonchev–Trinajstić information content (AvgIpc) is 3.16. The van der Waals surface area contributed by atoms with Gasteiger partial charge < -0.3 is 14.5 Å². The van der Waals surface area contributed by atoms with E-state index in [9.17, 15) is 9.59 Å². The Hall–Kier alpha value is -2.08. The molecule has 1 atom stereocenters. The van der Waals surface area contributed by atoms with E-state index in [0.29, 0.717) is 22.2 Å². The first kappa shape index (κ1) is 16.8. The van der Waals surface area contributed by atoms with Crippen LogP contribution in [0.1, 0.15) is 56.9 Å². The highest BCUT2D eigenvalue weighted by molar-refractivity contribution is 7.17. The molecule has 0 saturated carbocycles. The van der Waals surface area contributed by atoms with Crippen LogP contribution in [0.4, 0.5) is 5.00 Å². The number of rotatable bonds is 4. The Labute approximate surface area is 145 Å². The van der Waals surface area contributed by atoms with Crippen LogP contribution in [0.15, 0.2) is 16.5 Å². The largest absolute Gasteiger partial charge is 0.465 e. The predicted octanol–water partition coefficient (Wildman–Crippen LogP) is 4.20. The molecule has 5 nitrogen and oxygen atoms in total. The fourth-order valence-corrected chi connectivity index (χ4v) is 4.48. The minimum absolute atomic E-state index is 0.237. The van der Waals surface area contributed by atoms with E-state index < -0.39 is 5.97 Å². The van der Waals surface area contributed by atoms with Crippen LogP contribution in [0, 0.1) is 12.8 Å².